The molecule has 2 aliphatic rings. The summed E-state index contributed by atoms with van der Waals surface area (Å²) in [7, 11) is 1.83. The molecule has 156 valence electrons. The van der Waals surface area contributed by atoms with Crippen molar-refractivity contribution in [2.24, 2.45) is 4.99 Å². The molecule has 2 aromatic rings. The SMILES string of the molecule is CN=C(NCCc1cn2cccc(C)c2n1)N1CCN(CC(=O)NC2CC2)CC1. The third-order valence-corrected chi connectivity index (χ3v) is 5.59. The molecule has 2 fully saturated rings. The third kappa shape index (κ3) is 5.06. The molecule has 0 aromatic carbocycles. The zero-order valence-corrected chi connectivity index (χ0v) is 17.4. The minimum atomic E-state index is 0.158. The van der Waals surface area contributed by atoms with Gasteiger partial charge >= 0.3 is 0 Å². The Labute approximate surface area is 172 Å². The van der Waals surface area contributed by atoms with Crippen molar-refractivity contribution in [3.05, 3.63) is 35.8 Å². The highest BCUT2D eigenvalue weighted by Gasteiger charge is 2.25. The molecule has 0 radical (unpaired) electrons. The Morgan fingerprint density at radius 1 is 1.28 bits per heavy atom. The maximum Gasteiger partial charge on any atom is 0.234 e. The maximum absolute atomic E-state index is 12.0. The lowest BCUT2D eigenvalue weighted by Crippen LogP contribution is -2.54. The number of carbonyl (C=O) groups is 1. The second-order valence-corrected chi connectivity index (χ2v) is 7.98. The number of rotatable bonds is 6. The zero-order valence-electron chi connectivity index (χ0n) is 17.4. The van der Waals surface area contributed by atoms with Crippen molar-refractivity contribution >= 4 is 17.5 Å². The van der Waals surface area contributed by atoms with Crippen LogP contribution in [0.2, 0.25) is 0 Å². The molecule has 0 unspecified atom stereocenters. The van der Waals surface area contributed by atoms with Crippen LogP contribution in [-0.4, -0.2) is 83.4 Å². The predicted octanol–water partition coefficient (Wildman–Crippen LogP) is 0.657. The molecule has 8 nitrogen and oxygen atoms in total. The van der Waals surface area contributed by atoms with Gasteiger partial charge < -0.3 is 19.9 Å². The van der Waals surface area contributed by atoms with E-state index in [1.807, 2.05) is 19.3 Å². The number of carbonyl (C=O) groups excluding carboxylic acids is 1. The first-order chi connectivity index (χ1) is 14.1. The van der Waals surface area contributed by atoms with Gasteiger partial charge in [-0.15, -0.1) is 0 Å². The fourth-order valence-corrected chi connectivity index (χ4v) is 3.78. The molecule has 1 aliphatic carbocycles. The van der Waals surface area contributed by atoms with Crippen molar-refractivity contribution in [1.82, 2.24) is 29.8 Å². The molecular formula is C21H31N7O. The van der Waals surface area contributed by atoms with E-state index < -0.39 is 0 Å². The Morgan fingerprint density at radius 3 is 2.76 bits per heavy atom. The summed E-state index contributed by atoms with van der Waals surface area (Å²) in [6.45, 7) is 6.90. The van der Waals surface area contributed by atoms with Crippen molar-refractivity contribution < 1.29 is 4.79 Å². The highest BCUT2D eigenvalue weighted by atomic mass is 16.2. The van der Waals surface area contributed by atoms with E-state index in [-0.39, 0.29) is 5.91 Å². The number of aromatic nitrogens is 2. The van der Waals surface area contributed by atoms with Crippen molar-refractivity contribution in [3.63, 3.8) is 0 Å². The Kier molecular flexibility index (Phi) is 5.99. The van der Waals surface area contributed by atoms with Crippen molar-refractivity contribution in [1.29, 1.82) is 0 Å². The lowest BCUT2D eigenvalue weighted by Gasteiger charge is -2.36. The minimum absolute atomic E-state index is 0.158. The molecule has 1 aliphatic heterocycles. The number of aryl methyl sites for hydroxylation is 1. The molecule has 8 heteroatoms. The van der Waals surface area contributed by atoms with Gasteiger partial charge in [-0.1, -0.05) is 6.07 Å². The van der Waals surface area contributed by atoms with Crippen LogP contribution in [0.15, 0.2) is 29.5 Å². The summed E-state index contributed by atoms with van der Waals surface area (Å²) in [5, 5.41) is 6.53. The normalized spacial score (nSPS) is 18.3. The molecule has 1 saturated carbocycles. The third-order valence-electron chi connectivity index (χ3n) is 5.59. The summed E-state index contributed by atoms with van der Waals surface area (Å²) in [6, 6.07) is 4.56. The highest BCUT2D eigenvalue weighted by Crippen LogP contribution is 2.18. The van der Waals surface area contributed by atoms with Crippen LogP contribution in [0.25, 0.3) is 5.65 Å². The Bertz CT molecular complexity index is 878. The number of hydrogen-bond donors (Lipinski definition) is 2. The largest absolute Gasteiger partial charge is 0.356 e. The molecule has 2 N–H and O–H groups in total. The monoisotopic (exact) mass is 397 g/mol. The van der Waals surface area contributed by atoms with Gasteiger partial charge in [-0.2, -0.15) is 0 Å². The van der Waals surface area contributed by atoms with Gasteiger partial charge in [0.2, 0.25) is 5.91 Å². The number of imidazole rings is 1. The molecule has 1 amide bonds. The number of aliphatic imine (C=N–C) groups is 1. The second kappa shape index (κ2) is 8.82. The van der Waals surface area contributed by atoms with Crippen LogP contribution < -0.4 is 10.6 Å². The number of nitrogens with zero attached hydrogens (tertiary/aromatic N) is 5. The molecule has 2 aromatic heterocycles. The number of nitrogens with one attached hydrogen (secondary N) is 2. The van der Waals surface area contributed by atoms with Crippen LogP contribution in [0.3, 0.4) is 0 Å². The summed E-state index contributed by atoms with van der Waals surface area (Å²) in [5.74, 6) is 1.08. The molecule has 3 heterocycles. The van der Waals surface area contributed by atoms with Gasteiger partial charge in [0, 0.05) is 64.6 Å². The molecule has 0 spiro atoms. The summed E-state index contributed by atoms with van der Waals surface area (Å²) in [5.41, 5.74) is 3.29. The van der Waals surface area contributed by atoms with Crippen molar-refractivity contribution in [3.8, 4) is 0 Å². The van der Waals surface area contributed by atoms with Crippen LogP contribution in [0.1, 0.15) is 24.1 Å². The van der Waals surface area contributed by atoms with Gasteiger partial charge in [0.1, 0.15) is 5.65 Å². The zero-order chi connectivity index (χ0) is 20.2. The molecule has 29 heavy (non-hydrogen) atoms. The van der Waals surface area contributed by atoms with Gasteiger partial charge in [-0.25, -0.2) is 4.98 Å². The van der Waals surface area contributed by atoms with E-state index in [1.165, 1.54) is 5.56 Å². The summed E-state index contributed by atoms with van der Waals surface area (Å²) >= 11 is 0. The van der Waals surface area contributed by atoms with Crippen LogP contribution >= 0.6 is 0 Å². The predicted molar refractivity (Wildman–Crippen MR) is 114 cm³/mol. The summed E-state index contributed by atoms with van der Waals surface area (Å²) in [4.78, 5) is 25.7. The fraction of sp³-hybridized carbons (Fsp3) is 0.571. The van der Waals surface area contributed by atoms with E-state index in [0.29, 0.717) is 12.6 Å². The summed E-state index contributed by atoms with van der Waals surface area (Å²) in [6.07, 6.45) is 7.25. The number of piperazine rings is 1. The lowest BCUT2D eigenvalue weighted by atomic mass is 10.3. The Balaban J connectivity index is 1.22. The molecule has 1 saturated heterocycles. The van der Waals surface area contributed by atoms with Crippen molar-refractivity contribution in [2.45, 2.75) is 32.2 Å². The number of hydrogen-bond acceptors (Lipinski definition) is 4. The first-order valence-corrected chi connectivity index (χ1v) is 10.5. The minimum Gasteiger partial charge on any atom is -0.356 e. The average Bonchev–Trinajstić information content (AvgIpc) is 3.42. The maximum atomic E-state index is 12.0. The van der Waals surface area contributed by atoms with Gasteiger partial charge in [0.05, 0.1) is 12.2 Å². The molecule has 0 atom stereocenters. The topological polar surface area (TPSA) is 77.3 Å². The van der Waals surface area contributed by atoms with E-state index >= 15 is 0 Å². The van der Waals surface area contributed by atoms with Gasteiger partial charge in [-0.05, 0) is 31.4 Å². The molecule has 0 bridgehead atoms. The standard InChI is InChI=1S/C21H31N7O/c1-16-4-3-9-28-14-18(25-20(16)28)7-8-23-21(22-2)27-12-10-26(11-13-27)15-19(29)24-17-5-6-17/h3-4,9,14,17H,5-8,10-13,15H2,1-2H3,(H,22,23)(H,24,29). The number of amides is 1. The first-order valence-electron chi connectivity index (χ1n) is 10.5. The van der Waals surface area contributed by atoms with E-state index in [4.69, 9.17) is 4.98 Å². The van der Waals surface area contributed by atoms with Crippen LogP contribution in [-0.2, 0) is 11.2 Å². The first kappa shape index (κ1) is 19.7. The van der Waals surface area contributed by atoms with E-state index in [1.54, 1.807) is 0 Å². The second-order valence-electron chi connectivity index (χ2n) is 7.98. The van der Waals surface area contributed by atoms with Crippen LogP contribution in [0, 0.1) is 6.92 Å². The number of fused-ring (bicyclic) bond motifs is 1. The quantitative estimate of drug-likeness (QED) is 0.553. The van der Waals surface area contributed by atoms with E-state index in [0.717, 1.165) is 69.3 Å². The average molecular weight is 398 g/mol. The number of pyridine rings is 1. The summed E-state index contributed by atoms with van der Waals surface area (Å²) < 4.78 is 2.08. The fourth-order valence-electron chi connectivity index (χ4n) is 3.78. The van der Waals surface area contributed by atoms with E-state index in [9.17, 15) is 4.79 Å². The van der Waals surface area contributed by atoms with Crippen molar-refractivity contribution in [2.75, 3.05) is 46.3 Å². The molecule has 4 rings (SSSR count). The van der Waals surface area contributed by atoms with E-state index in [2.05, 4.69) is 49.0 Å². The van der Waals surface area contributed by atoms with Gasteiger partial charge in [0.25, 0.3) is 0 Å². The smallest absolute Gasteiger partial charge is 0.234 e. The Morgan fingerprint density at radius 2 is 2.07 bits per heavy atom. The molecular weight excluding hydrogens is 366 g/mol. The van der Waals surface area contributed by atoms with Crippen LogP contribution in [0.5, 0.6) is 0 Å². The van der Waals surface area contributed by atoms with Gasteiger partial charge in [0.15, 0.2) is 5.96 Å². The van der Waals surface area contributed by atoms with Crippen LogP contribution in [0.4, 0.5) is 0 Å². The highest BCUT2D eigenvalue weighted by molar-refractivity contribution is 5.80. The van der Waals surface area contributed by atoms with Gasteiger partial charge in [-0.3, -0.25) is 14.7 Å². The Hall–Kier alpha value is -2.61. The lowest BCUT2D eigenvalue weighted by molar-refractivity contribution is -0.122. The number of guanidine groups is 1.